The van der Waals surface area contributed by atoms with Crippen LogP contribution in [0.15, 0.2) is 24.3 Å². The number of methoxy groups -OCH3 is 2. The lowest BCUT2D eigenvalue weighted by Gasteiger charge is -2.41. The van der Waals surface area contributed by atoms with E-state index in [4.69, 9.17) is 9.47 Å². The number of hydrogen-bond acceptors (Lipinski definition) is 8. The standard InChI is InChI=1S/C40H67N5O8/c1-13-26(7)35(44(10)39(49)34(24(4)5)43-38(48)33(41-9)23(2)3)31(52-11)22-32(46)45-20-14-15-30(45)36(53-12)27(8)37(47)42-29(40(50)51)21-28-18-16-25(6)17-19-28/h16-19,23-24,26-27,29-31,33-36,41H,13-15,20-22H2,1-12H3,(H,42,47)(H,43,48)(H,50,51)/t26-,27+,29?,30?,31+,33?,34?,35-,36+/m0/s1. The van der Waals surface area contributed by atoms with Crippen molar-refractivity contribution < 1.29 is 38.6 Å². The Morgan fingerprint density at radius 1 is 0.925 bits per heavy atom. The SMILES string of the molecule is CC[C@H](C)[C@@H]([C@@H](CC(=O)N1CCCC1[C@H](OC)[C@@H](C)C(=O)NC(Cc1ccc(C)cc1)C(=O)O)OC)N(C)C(=O)C(NC(=O)C(NC)C(C)C)C(C)C. The Balaban J connectivity index is 2.26. The molecular formula is C40H67N5O8. The number of aryl methyl sites for hydroxylation is 1. The zero-order valence-corrected chi connectivity index (χ0v) is 34.1. The zero-order chi connectivity index (χ0) is 40.2. The average molecular weight is 746 g/mol. The van der Waals surface area contributed by atoms with Gasteiger partial charge in [0.25, 0.3) is 0 Å². The zero-order valence-electron chi connectivity index (χ0n) is 34.1. The number of aliphatic carboxylic acids is 1. The van der Waals surface area contributed by atoms with Crippen molar-refractivity contribution in [1.82, 2.24) is 25.8 Å². The van der Waals surface area contributed by atoms with E-state index in [0.29, 0.717) is 19.4 Å². The van der Waals surface area contributed by atoms with E-state index in [-0.39, 0.29) is 48.3 Å². The first-order valence-corrected chi connectivity index (χ1v) is 19.1. The van der Waals surface area contributed by atoms with E-state index in [1.807, 2.05) is 72.7 Å². The maximum atomic E-state index is 14.1. The topological polar surface area (TPSA) is 167 Å². The van der Waals surface area contributed by atoms with Crippen LogP contribution in [0.25, 0.3) is 0 Å². The number of carboxylic acid groups (broad SMARTS) is 1. The van der Waals surface area contributed by atoms with Crippen molar-refractivity contribution in [3.63, 3.8) is 0 Å². The highest BCUT2D eigenvalue weighted by Gasteiger charge is 2.43. The second-order valence-corrected chi connectivity index (χ2v) is 15.4. The summed E-state index contributed by atoms with van der Waals surface area (Å²) < 4.78 is 11.9. The summed E-state index contributed by atoms with van der Waals surface area (Å²) in [7, 11) is 6.46. The highest BCUT2D eigenvalue weighted by molar-refractivity contribution is 5.90. The van der Waals surface area contributed by atoms with Crippen molar-refractivity contribution in [2.75, 3.05) is 34.9 Å². The molecule has 4 amide bonds. The second kappa shape index (κ2) is 21.4. The molecule has 0 radical (unpaired) electrons. The smallest absolute Gasteiger partial charge is 0.326 e. The van der Waals surface area contributed by atoms with Crippen LogP contribution in [0.2, 0.25) is 0 Å². The normalized spacial score (nSPS) is 19.1. The molecule has 13 nitrogen and oxygen atoms in total. The fourth-order valence-electron chi connectivity index (χ4n) is 7.51. The maximum Gasteiger partial charge on any atom is 0.326 e. The number of ether oxygens (including phenoxy) is 2. The van der Waals surface area contributed by atoms with Gasteiger partial charge in [0.15, 0.2) is 0 Å². The van der Waals surface area contributed by atoms with Gasteiger partial charge in [-0.2, -0.15) is 0 Å². The molecule has 1 aliphatic rings. The molecule has 53 heavy (non-hydrogen) atoms. The average Bonchev–Trinajstić information content (AvgIpc) is 3.60. The van der Waals surface area contributed by atoms with Crippen LogP contribution in [-0.2, 0) is 39.9 Å². The molecule has 1 aromatic carbocycles. The molecular weight excluding hydrogens is 678 g/mol. The monoisotopic (exact) mass is 745 g/mol. The van der Waals surface area contributed by atoms with Crippen molar-refractivity contribution in [2.45, 2.75) is 130 Å². The third kappa shape index (κ3) is 12.2. The summed E-state index contributed by atoms with van der Waals surface area (Å²) in [6.07, 6.45) is 0.812. The Kier molecular flexibility index (Phi) is 18.4. The van der Waals surface area contributed by atoms with Gasteiger partial charge in [0.05, 0.1) is 42.7 Å². The molecule has 9 atom stereocenters. The van der Waals surface area contributed by atoms with Gasteiger partial charge in [-0.15, -0.1) is 0 Å². The lowest BCUT2D eigenvalue weighted by molar-refractivity contribution is -0.148. The number of likely N-dealkylation sites (tertiary alicyclic amines) is 1. The number of nitrogens with one attached hydrogen (secondary N) is 3. The largest absolute Gasteiger partial charge is 0.480 e. The molecule has 1 aromatic rings. The molecule has 1 heterocycles. The first kappa shape index (κ1) is 45.6. The molecule has 0 aromatic heterocycles. The Morgan fingerprint density at radius 2 is 1.53 bits per heavy atom. The van der Waals surface area contributed by atoms with Gasteiger partial charge >= 0.3 is 5.97 Å². The van der Waals surface area contributed by atoms with E-state index in [2.05, 4.69) is 16.0 Å². The Bertz CT molecular complexity index is 1350. The molecule has 0 aliphatic carbocycles. The molecule has 4 unspecified atom stereocenters. The van der Waals surface area contributed by atoms with E-state index < -0.39 is 60.2 Å². The lowest BCUT2D eigenvalue weighted by Crippen LogP contribution is -2.59. The van der Waals surface area contributed by atoms with E-state index in [1.165, 1.54) is 14.2 Å². The maximum absolute atomic E-state index is 14.1. The third-order valence-corrected chi connectivity index (χ3v) is 10.9. The molecule has 1 aliphatic heterocycles. The van der Waals surface area contributed by atoms with E-state index >= 15 is 0 Å². The molecule has 4 N–H and O–H groups in total. The number of nitrogens with zero attached hydrogens (tertiary/aromatic N) is 2. The van der Waals surface area contributed by atoms with Gasteiger partial charge in [-0.25, -0.2) is 4.79 Å². The van der Waals surface area contributed by atoms with Gasteiger partial charge in [-0.1, -0.05) is 84.7 Å². The molecule has 1 fully saturated rings. The van der Waals surface area contributed by atoms with Crippen molar-refractivity contribution in [3.8, 4) is 0 Å². The van der Waals surface area contributed by atoms with Crippen molar-refractivity contribution in [3.05, 3.63) is 35.4 Å². The minimum atomic E-state index is -1.14. The quantitative estimate of drug-likeness (QED) is 0.148. The number of carbonyl (C=O) groups is 5. The van der Waals surface area contributed by atoms with Crippen LogP contribution in [0.1, 0.15) is 85.3 Å². The summed E-state index contributed by atoms with van der Waals surface area (Å²) in [6, 6.07) is 4.23. The van der Waals surface area contributed by atoms with Gasteiger partial charge in [0.2, 0.25) is 23.6 Å². The molecule has 1 saturated heterocycles. The summed E-state index contributed by atoms with van der Waals surface area (Å²) in [5.41, 5.74) is 1.84. The van der Waals surface area contributed by atoms with Gasteiger partial charge in [-0.3, -0.25) is 19.2 Å². The third-order valence-electron chi connectivity index (χ3n) is 10.9. The van der Waals surface area contributed by atoms with Crippen molar-refractivity contribution in [1.29, 1.82) is 0 Å². The summed E-state index contributed by atoms with van der Waals surface area (Å²) in [5, 5.41) is 18.6. The van der Waals surface area contributed by atoms with Gasteiger partial charge in [-0.05, 0) is 50.1 Å². The molecule has 0 saturated carbocycles. The minimum absolute atomic E-state index is 0.0117. The van der Waals surface area contributed by atoms with Gasteiger partial charge in [0, 0.05) is 34.2 Å². The van der Waals surface area contributed by atoms with Crippen LogP contribution >= 0.6 is 0 Å². The Hall–Kier alpha value is -3.55. The van der Waals surface area contributed by atoms with Crippen molar-refractivity contribution >= 4 is 29.6 Å². The predicted molar refractivity (Wildman–Crippen MR) is 205 cm³/mol. The Labute approximate surface area is 317 Å². The summed E-state index contributed by atoms with van der Waals surface area (Å²) >= 11 is 0. The van der Waals surface area contributed by atoms with Crippen LogP contribution in [0, 0.1) is 30.6 Å². The highest BCUT2D eigenvalue weighted by atomic mass is 16.5. The number of amides is 4. The number of likely N-dealkylation sites (N-methyl/N-ethyl adjacent to an activating group) is 2. The number of carboxylic acids is 1. The molecule has 0 bridgehead atoms. The Morgan fingerprint density at radius 3 is 2.02 bits per heavy atom. The van der Waals surface area contributed by atoms with Crippen molar-refractivity contribution in [2.24, 2.45) is 23.7 Å². The summed E-state index contributed by atoms with van der Waals surface area (Å²) in [6.45, 7) is 15.8. The number of hydrogen-bond donors (Lipinski definition) is 4. The molecule has 0 spiro atoms. The predicted octanol–water partition coefficient (Wildman–Crippen LogP) is 3.41. The fourth-order valence-corrected chi connectivity index (χ4v) is 7.51. The highest BCUT2D eigenvalue weighted by Crippen LogP contribution is 2.30. The number of benzene rings is 1. The van der Waals surface area contributed by atoms with Crippen LogP contribution in [0.5, 0.6) is 0 Å². The first-order valence-electron chi connectivity index (χ1n) is 19.1. The van der Waals surface area contributed by atoms with Gasteiger partial charge in [0.1, 0.15) is 12.1 Å². The molecule has 13 heteroatoms. The molecule has 2 rings (SSSR count). The molecule has 300 valence electrons. The number of carbonyl (C=O) groups excluding carboxylic acids is 4. The minimum Gasteiger partial charge on any atom is -0.480 e. The van der Waals surface area contributed by atoms with Crippen LogP contribution < -0.4 is 16.0 Å². The fraction of sp³-hybridized carbons (Fsp3) is 0.725. The summed E-state index contributed by atoms with van der Waals surface area (Å²) in [4.78, 5) is 70.5. The number of rotatable bonds is 21. The van der Waals surface area contributed by atoms with Crippen LogP contribution in [0.3, 0.4) is 0 Å². The van der Waals surface area contributed by atoms with Crippen LogP contribution in [-0.4, -0.2) is 122 Å². The van der Waals surface area contributed by atoms with E-state index in [0.717, 1.165) is 17.5 Å². The van der Waals surface area contributed by atoms with E-state index in [1.54, 1.807) is 30.8 Å². The van der Waals surface area contributed by atoms with E-state index in [9.17, 15) is 29.1 Å². The van der Waals surface area contributed by atoms with Gasteiger partial charge < -0.3 is 40.3 Å². The first-order chi connectivity index (χ1) is 24.9. The summed E-state index contributed by atoms with van der Waals surface area (Å²) in [5.74, 6) is -3.27. The lowest BCUT2D eigenvalue weighted by atomic mass is 9.89. The second-order valence-electron chi connectivity index (χ2n) is 15.4. The van der Waals surface area contributed by atoms with Crippen LogP contribution in [0.4, 0.5) is 0 Å².